The smallest absolute Gasteiger partial charge is 0.119 e. The summed E-state index contributed by atoms with van der Waals surface area (Å²) in [6.45, 7) is 2.01. The summed E-state index contributed by atoms with van der Waals surface area (Å²) >= 11 is 1.25. The van der Waals surface area contributed by atoms with Gasteiger partial charge in [0.25, 0.3) is 0 Å². The van der Waals surface area contributed by atoms with Crippen molar-refractivity contribution in [3.8, 4) is 0 Å². The van der Waals surface area contributed by atoms with Crippen LogP contribution in [0.4, 0.5) is 0 Å². The van der Waals surface area contributed by atoms with E-state index in [0.29, 0.717) is 0 Å². The molecule has 96 valence electrons. The Balaban J connectivity index is 2.14. The fraction of sp³-hybridized carbons (Fsp3) is 0.214. The van der Waals surface area contributed by atoms with Crippen molar-refractivity contribution < 1.29 is 5.11 Å². The molecule has 1 atom stereocenters. The van der Waals surface area contributed by atoms with E-state index in [2.05, 4.69) is 14.6 Å². The first-order valence-corrected chi connectivity index (χ1v) is 6.91. The highest BCUT2D eigenvalue weighted by Crippen LogP contribution is 2.30. The summed E-state index contributed by atoms with van der Waals surface area (Å²) < 4.78 is 3.93. The third-order valence-corrected chi connectivity index (χ3v) is 3.95. The van der Waals surface area contributed by atoms with Gasteiger partial charge in [-0.2, -0.15) is 0 Å². The van der Waals surface area contributed by atoms with E-state index in [-0.39, 0.29) is 0 Å². The second-order valence-electron chi connectivity index (χ2n) is 4.26. The van der Waals surface area contributed by atoms with E-state index >= 15 is 0 Å². The Labute approximate surface area is 114 Å². The van der Waals surface area contributed by atoms with Gasteiger partial charge in [0.1, 0.15) is 6.10 Å². The van der Waals surface area contributed by atoms with Gasteiger partial charge in [0.2, 0.25) is 0 Å². The molecule has 1 N–H and O–H groups in total. The van der Waals surface area contributed by atoms with Gasteiger partial charge in [0.15, 0.2) is 0 Å². The van der Waals surface area contributed by atoms with E-state index in [1.807, 2.05) is 37.3 Å². The van der Waals surface area contributed by atoms with Crippen LogP contribution in [0.15, 0.2) is 36.5 Å². The lowest BCUT2D eigenvalue weighted by molar-refractivity contribution is 0.224. The van der Waals surface area contributed by atoms with Crippen molar-refractivity contribution in [1.82, 2.24) is 14.6 Å². The molecule has 1 unspecified atom stereocenters. The van der Waals surface area contributed by atoms with E-state index in [1.165, 1.54) is 11.5 Å². The number of rotatable bonds is 3. The fourth-order valence-electron chi connectivity index (χ4n) is 2.16. The molecule has 0 saturated carbocycles. The number of fused-ring (bicyclic) bond motifs is 1. The van der Waals surface area contributed by atoms with Gasteiger partial charge in [0, 0.05) is 17.1 Å². The number of aliphatic hydroxyl groups is 1. The lowest BCUT2D eigenvalue weighted by atomic mass is 10.0. The van der Waals surface area contributed by atoms with Crippen LogP contribution >= 0.6 is 11.5 Å². The van der Waals surface area contributed by atoms with E-state index in [4.69, 9.17) is 0 Å². The summed E-state index contributed by atoms with van der Waals surface area (Å²) in [5.41, 5.74) is 2.48. The van der Waals surface area contributed by atoms with Gasteiger partial charge in [-0.15, -0.1) is 5.10 Å². The van der Waals surface area contributed by atoms with Crippen molar-refractivity contribution in [2.24, 2.45) is 0 Å². The normalized spacial score (nSPS) is 12.7. The van der Waals surface area contributed by atoms with Gasteiger partial charge < -0.3 is 5.11 Å². The molecule has 3 aromatic rings. The number of nitrogens with zero attached hydrogens (tertiary/aromatic N) is 3. The lowest BCUT2D eigenvalue weighted by Gasteiger charge is -2.11. The van der Waals surface area contributed by atoms with Crippen LogP contribution in [0.1, 0.15) is 29.2 Å². The fourth-order valence-corrected chi connectivity index (χ4v) is 2.90. The highest BCUT2D eigenvalue weighted by Gasteiger charge is 2.20. The van der Waals surface area contributed by atoms with Crippen molar-refractivity contribution >= 4 is 22.4 Å². The molecule has 0 aliphatic rings. The average molecular weight is 271 g/mol. The molecule has 4 nitrogen and oxygen atoms in total. The van der Waals surface area contributed by atoms with E-state index < -0.39 is 6.10 Å². The third-order valence-electron chi connectivity index (χ3n) is 3.13. The van der Waals surface area contributed by atoms with Gasteiger partial charge in [-0.3, -0.25) is 4.98 Å². The van der Waals surface area contributed by atoms with Crippen molar-refractivity contribution in [1.29, 1.82) is 0 Å². The minimum Gasteiger partial charge on any atom is -0.383 e. The molecule has 0 amide bonds. The molecule has 2 heterocycles. The van der Waals surface area contributed by atoms with Crippen LogP contribution in [-0.4, -0.2) is 19.7 Å². The maximum absolute atomic E-state index is 10.6. The number of aliphatic hydroxyl groups excluding tert-OH is 1. The second kappa shape index (κ2) is 5.03. The van der Waals surface area contributed by atoms with Gasteiger partial charge in [-0.05, 0) is 24.0 Å². The molecule has 1 aromatic carbocycles. The van der Waals surface area contributed by atoms with Crippen LogP contribution in [0.5, 0.6) is 0 Å². The number of hydrogen-bond donors (Lipinski definition) is 1. The SMILES string of the molecule is CCc1nnsc1C(O)c1cccc2cccnc12. The Morgan fingerprint density at radius 3 is 2.95 bits per heavy atom. The molecule has 19 heavy (non-hydrogen) atoms. The molecule has 0 saturated heterocycles. The van der Waals surface area contributed by atoms with E-state index in [0.717, 1.165) is 33.5 Å². The standard InChI is InChI=1S/C14H13N3OS/c1-2-11-14(19-17-16-11)13(18)10-7-3-5-9-6-4-8-15-12(9)10/h3-8,13,18H,2H2,1H3. The minimum atomic E-state index is -0.714. The molecular weight excluding hydrogens is 258 g/mol. The molecule has 3 rings (SSSR count). The summed E-state index contributed by atoms with van der Waals surface area (Å²) in [4.78, 5) is 5.18. The largest absolute Gasteiger partial charge is 0.383 e. The molecule has 0 aliphatic heterocycles. The maximum Gasteiger partial charge on any atom is 0.119 e. The van der Waals surface area contributed by atoms with Crippen LogP contribution in [0.25, 0.3) is 10.9 Å². The summed E-state index contributed by atoms with van der Waals surface area (Å²) in [6, 6.07) is 9.71. The first-order valence-electron chi connectivity index (χ1n) is 6.14. The average Bonchev–Trinajstić information content (AvgIpc) is 2.94. The first-order chi connectivity index (χ1) is 9.31. The number of para-hydroxylation sites is 1. The predicted octanol–water partition coefficient (Wildman–Crippen LogP) is 2.73. The van der Waals surface area contributed by atoms with Crippen LogP contribution in [-0.2, 0) is 6.42 Å². The van der Waals surface area contributed by atoms with Crippen LogP contribution < -0.4 is 0 Å². The van der Waals surface area contributed by atoms with Crippen LogP contribution in [0.2, 0.25) is 0 Å². The predicted molar refractivity (Wildman–Crippen MR) is 75.1 cm³/mol. The Morgan fingerprint density at radius 2 is 2.11 bits per heavy atom. The van der Waals surface area contributed by atoms with E-state index in [9.17, 15) is 5.11 Å². The Bertz CT molecular complexity index is 705. The number of pyridine rings is 1. The Morgan fingerprint density at radius 1 is 1.26 bits per heavy atom. The molecule has 0 fully saturated rings. The lowest BCUT2D eigenvalue weighted by Crippen LogP contribution is -2.02. The first kappa shape index (κ1) is 12.2. The van der Waals surface area contributed by atoms with Crippen LogP contribution in [0, 0.1) is 0 Å². The number of aromatic nitrogens is 3. The number of hydrogen-bond acceptors (Lipinski definition) is 5. The summed E-state index contributed by atoms with van der Waals surface area (Å²) in [5.74, 6) is 0. The molecule has 2 aromatic heterocycles. The quantitative estimate of drug-likeness (QED) is 0.795. The highest BCUT2D eigenvalue weighted by atomic mass is 32.1. The molecule has 0 aliphatic carbocycles. The number of benzene rings is 1. The Hall–Kier alpha value is -1.85. The zero-order valence-corrected chi connectivity index (χ0v) is 11.3. The van der Waals surface area contributed by atoms with Crippen LogP contribution in [0.3, 0.4) is 0 Å². The zero-order valence-electron chi connectivity index (χ0n) is 10.4. The minimum absolute atomic E-state index is 0.714. The highest BCUT2D eigenvalue weighted by molar-refractivity contribution is 7.05. The summed E-state index contributed by atoms with van der Waals surface area (Å²) in [7, 11) is 0. The van der Waals surface area contributed by atoms with Gasteiger partial charge in [0.05, 0.1) is 16.1 Å². The van der Waals surface area contributed by atoms with Crippen molar-refractivity contribution in [3.05, 3.63) is 52.7 Å². The van der Waals surface area contributed by atoms with Crippen molar-refractivity contribution in [3.63, 3.8) is 0 Å². The van der Waals surface area contributed by atoms with Crippen molar-refractivity contribution in [2.75, 3.05) is 0 Å². The molecule has 0 radical (unpaired) electrons. The maximum atomic E-state index is 10.6. The summed E-state index contributed by atoms with van der Waals surface area (Å²) in [5, 5.41) is 15.7. The second-order valence-corrected chi connectivity index (χ2v) is 5.05. The zero-order chi connectivity index (χ0) is 13.2. The topological polar surface area (TPSA) is 58.9 Å². The van der Waals surface area contributed by atoms with Gasteiger partial charge in [-0.25, -0.2) is 0 Å². The van der Waals surface area contributed by atoms with Gasteiger partial charge in [-0.1, -0.05) is 35.7 Å². The molecule has 0 spiro atoms. The third kappa shape index (κ3) is 2.11. The Kier molecular flexibility index (Phi) is 3.23. The molecular formula is C14H13N3OS. The van der Waals surface area contributed by atoms with Gasteiger partial charge >= 0.3 is 0 Å². The molecule has 5 heteroatoms. The number of aryl methyl sites for hydroxylation is 1. The monoisotopic (exact) mass is 271 g/mol. The van der Waals surface area contributed by atoms with Crippen molar-refractivity contribution in [2.45, 2.75) is 19.4 Å². The molecule has 0 bridgehead atoms. The summed E-state index contributed by atoms with van der Waals surface area (Å²) in [6.07, 6.45) is 1.79. The van der Waals surface area contributed by atoms with E-state index in [1.54, 1.807) is 6.20 Å².